The van der Waals surface area contributed by atoms with Crippen molar-refractivity contribution in [2.24, 2.45) is 0 Å². The van der Waals surface area contributed by atoms with Crippen LogP contribution in [-0.4, -0.2) is 43.3 Å². The molecular weight excluding hydrogens is 342 g/mol. The van der Waals surface area contributed by atoms with E-state index in [2.05, 4.69) is 5.32 Å². The molecule has 0 saturated carbocycles. The van der Waals surface area contributed by atoms with Crippen LogP contribution in [0.2, 0.25) is 0 Å². The van der Waals surface area contributed by atoms with E-state index >= 15 is 0 Å². The molecular formula is C21H23N3O3. The van der Waals surface area contributed by atoms with E-state index in [-0.39, 0.29) is 17.7 Å². The van der Waals surface area contributed by atoms with E-state index < -0.39 is 0 Å². The number of piperidine rings is 1. The second-order valence-electron chi connectivity index (χ2n) is 6.78. The normalized spacial score (nSPS) is 14.0. The smallest absolute Gasteiger partial charge is 0.255 e. The highest BCUT2D eigenvalue weighted by atomic mass is 16.2. The number of anilines is 2. The first-order chi connectivity index (χ1) is 13.0. The van der Waals surface area contributed by atoms with Crippen LogP contribution in [0.5, 0.6) is 0 Å². The molecule has 0 atom stereocenters. The molecule has 1 heterocycles. The van der Waals surface area contributed by atoms with E-state index in [0.717, 1.165) is 25.1 Å². The third-order valence-corrected chi connectivity index (χ3v) is 4.54. The molecule has 6 nitrogen and oxygen atoms in total. The van der Waals surface area contributed by atoms with Gasteiger partial charge in [0.2, 0.25) is 5.91 Å². The van der Waals surface area contributed by atoms with Gasteiger partial charge in [-0.1, -0.05) is 6.07 Å². The molecule has 0 unspecified atom stereocenters. The molecule has 0 aliphatic carbocycles. The summed E-state index contributed by atoms with van der Waals surface area (Å²) in [5.41, 5.74) is 2.38. The molecule has 0 radical (unpaired) electrons. The number of nitrogens with zero attached hydrogens (tertiary/aromatic N) is 2. The summed E-state index contributed by atoms with van der Waals surface area (Å²) in [5, 5.41) is 2.81. The lowest BCUT2D eigenvalue weighted by molar-refractivity contribution is -0.119. The SMILES string of the molecule is CN(C)C(=O)c1cccc(NC(=O)c2ccc(N3CCCCC3=O)cc2)c1. The monoisotopic (exact) mass is 365 g/mol. The van der Waals surface area contributed by atoms with Crippen molar-refractivity contribution in [3.8, 4) is 0 Å². The van der Waals surface area contributed by atoms with Crippen LogP contribution in [0, 0.1) is 0 Å². The molecule has 27 heavy (non-hydrogen) atoms. The van der Waals surface area contributed by atoms with Gasteiger partial charge in [0, 0.05) is 49.6 Å². The van der Waals surface area contributed by atoms with Gasteiger partial charge < -0.3 is 15.1 Å². The molecule has 2 aromatic rings. The number of hydrogen-bond donors (Lipinski definition) is 1. The summed E-state index contributed by atoms with van der Waals surface area (Å²) in [4.78, 5) is 39.8. The Bertz CT molecular complexity index is 859. The van der Waals surface area contributed by atoms with Crippen molar-refractivity contribution >= 4 is 29.1 Å². The van der Waals surface area contributed by atoms with Crippen LogP contribution < -0.4 is 10.2 Å². The van der Waals surface area contributed by atoms with Crippen molar-refractivity contribution in [3.63, 3.8) is 0 Å². The zero-order valence-corrected chi connectivity index (χ0v) is 15.6. The van der Waals surface area contributed by atoms with Crippen LogP contribution in [0.25, 0.3) is 0 Å². The summed E-state index contributed by atoms with van der Waals surface area (Å²) in [6, 6.07) is 13.9. The van der Waals surface area contributed by atoms with Gasteiger partial charge in [-0.25, -0.2) is 0 Å². The highest BCUT2D eigenvalue weighted by molar-refractivity contribution is 6.05. The van der Waals surface area contributed by atoms with Gasteiger partial charge in [-0.3, -0.25) is 14.4 Å². The van der Waals surface area contributed by atoms with Crippen LogP contribution in [-0.2, 0) is 4.79 Å². The van der Waals surface area contributed by atoms with Gasteiger partial charge in [-0.2, -0.15) is 0 Å². The maximum Gasteiger partial charge on any atom is 0.255 e. The first-order valence-electron chi connectivity index (χ1n) is 8.99. The highest BCUT2D eigenvalue weighted by Crippen LogP contribution is 2.22. The Morgan fingerprint density at radius 2 is 1.74 bits per heavy atom. The molecule has 1 aliphatic rings. The van der Waals surface area contributed by atoms with Crippen LogP contribution in [0.4, 0.5) is 11.4 Å². The molecule has 0 spiro atoms. The standard InChI is InChI=1S/C21H23N3O3/c1-23(2)21(27)16-6-5-7-17(14-16)22-20(26)15-9-11-18(12-10-15)24-13-4-3-8-19(24)25/h5-7,9-12,14H,3-4,8,13H2,1-2H3,(H,22,26). The van der Waals surface area contributed by atoms with E-state index in [1.807, 2.05) is 0 Å². The Kier molecular flexibility index (Phi) is 5.54. The van der Waals surface area contributed by atoms with E-state index in [4.69, 9.17) is 0 Å². The molecule has 3 rings (SSSR count). The molecule has 1 fully saturated rings. The maximum absolute atomic E-state index is 12.5. The minimum Gasteiger partial charge on any atom is -0.345 e. The van der Waals surface area contributed by atoms with Crippen molar-refractivity contribution in [2.45, 2.75) is 19.3 Å². The summed E-state index contributed by atoms with van der Waals surface area (Å²) in [7, 11) is 3.37. The molecule has 0 bridgehead atoms. The number of carbonyl (C=O) groups is 3. The number of carbonyl (C=O) groups excluding carboxylic acids is 3. The zero-order chi connectivity index (χ0) is 19.4. The first-order valence-corrected chi connectivity index (χ1v) is 8.99. The number of hydrogen-bond acceptors (Lipinski definition) is 3. The van der Waals surface area contributed by atoms with E-state index in [1.165, 1.54) is 4.90 Å². The Morgan fingerprint density at radius 3 is 2.41 bits per heavy atom. The lowest BCUT2D eigenvalue weighted by Gasteiger charge is -2.26. The Labute approximate surface area is 158 Å². The minimum atomic E-state index is -0.263. The van der Waals surface area contributed by atoms with Gasteiger partial charge in [-0.05, 0) is 55.3 Å². The average molecular weight is 365 g/mol. The first kappa shape index (κ1) is 18.6. The van der Waals surface area contributed by atoms with Gasteiger partial charge in [0.15, 0.2) is 0 Å². The van der Waals surface area contributed by atoms with Gasteiger partial charge in [0.25, 0.3) is 11.8 Å². The fourth-order valence-electron chi connectivity index (χ4n) is 3.06. The molecule has 1 saturated heterocycles. The summed E-state index contributed by atoms with van der Waals surface area (Å²) in [6.07, 6.45) is 2.51. The van der Waals surface area contributed by atoms with Crippen LogP contribution >= 0.6 is 0 Å². The summed E-state index contributed by atoms with van der Waals surface area (Å²) in [6.45, 7) is 0.719. The van der Waals surface area contributed by atoms with Crippen molar-refractivity contribution in [3.05, 3.63) is 59.7 Å². The molecule has 0 aromatic heterocycles. The second-order valence-corrected chi connectivity index (χ2v) is 6.78. The average Bonchev–Trinajstić information content (AvgIpc) is 2.68. The number of nitrogens with one attached hydrogen (secondary N) is 1. The molecule has 3 amide bonds. The van der Waals surface area contributed by atoms with Crippen molar-refractivity contribution in [2.75, 3.05) is 30.9 Å². The predicted molar refractivity (Wildman–Crippen MR) is 105 cm³/mol. The van der Waals surface area contributed by atoms with Gasteiger partial charge in [0.1, 0.15) is 0 Å². The van der Waals surface area contributed by atoms with E-state index in [9.17, 15) is 14.4 Å². The summed E-state index contributed by atoms with van der Waals surface area (Å²) >= 11 is 0. The number of rotatable bonds is 4. The van der Waals surface area contributed by atoms with Crippen molar-refractivity contribution in [1.29, 1.82) is 0 Å². The molecule has 140 valence electrons. The van der Waals surface area contributed by atoms with E-state index in [0.29, 0.717) is 23.2 Å². The van der Waals surface area contributed by atoms with Gasteiger partial charge in [-0.15, -0.1) is 0 Å². The predicted octanol–water partition coefficient (Wildman–Crippen LogP) is 3.16. The lowest BCUT2D eigenvalue weighted by Crippen LogP contribution is -2.35. The third kappa shape index (κ3) is 4.34. The topological polar surface area (TPSA) is 69.7 Å². The van der Waals surface area contributed by atoms with Crippen LogP contribution in [0.1, 0.15) is 40.0 Å². The summed E-state index contributed by atoms with van der Waals surface area (Å²) in [5.74, 6) is -0.261. The van der Waals surface area contributed by atoms with Crippen molar-refractivity contribution in [1.82, 2.24) is 4.90 Å². The maximum atomic E-state index is 12.5. The highest BCUT2D eigenvalue weighted by Gasteiger charge is 2.19. The van der Waals surface area contributed by atoms with Gasteiger partial charge >= 0.3 is 0 Å². The summed E-state index contributed by atoms with van der Waals surface area (Å²) < 4.78 is 0. The largest absolute Gasteiger partial charge is 0.345 e. The number of benzene rings is 2. The minimum absolute atomic E-state index is 0.123. The van der Waals surface area contributed by atoms with Crippen molar-refractivity contribution < 1.29 is 14.4 Å². The molecule has 2 aromatic carbocycles. The number of amides is 3. The Hall–Kier alpha value is -3.15. The quantitative estimate of drug-likeness (QED) is 0.905. The van der Waals surface area contributed by atoms with Crippen LogP contribution in [0.3, 0.4) is 0 Å². The van der Waals surface area contributed by atoms with Crippen LogP contribution in [0.15, 0.2) is 48.5 Å². The van der Waals surface area contributed by atoms with Gasteiger partial charge in [0.05, 0.1) is 0 Å². The lowest BCUT2D eigenvalue weighted by atomic mass is 10.1. The molecule has 1 N–H and O–H groups in total. The molecule has 1 aliphatic heterocycles. The third-order valence-electron chi connectivity index (χ3n) is 4.54. The zero-order valence-electron chi connectivity index (χ0n) is 15.6. The fourth-order valence-corrected chi connectivity index (χ4v) is 3.06. The Morgan fingerprint density at radius 1 is 1.00 bits per heavy atom. The van der Waals surface area contributed by atoms with E-state index in [1.54, 1.807) is 67.5 Å². The fraction of sp³-hybridized carbons (Fsp3) is 0.286. The Balaban J connectivity index is 1.70. The molecule has 6 heteroatoms. The second kappa shape index (κ2) is 8.03.